The molecule has 1 aromatic rings. The Kier molecular flexibility index (Phi) is 6.20. The van der Waals surface area contributed by atoms with Gasteiger partial charge in [0.1, 0.15) is 0 Å². The van der Waals surface area contributed by atoms with Crippen molar-refractivity contribution in [3.05, 3.63) is 35.9 Å². The number of halogens is 1. The molecule has 3 heteroatoms. The van der Waals surface area contributed by atoms with Crippen LogP contribution in [0.1, 0.15) is 16.8 Å². The lowest BCUT2D eigenvalue weighted by molar-refractivity contribution is 0.0983. The van der Waals surface area contributed by atoms with Crippen LogP contribution in [0.15, 0.2) is 30.3 Å². The van der Waals surface area contributed by atoms with E-state index in [1.54, 1.807) is 0 Å². The summed E-state index contributed by atoms with van der Waals surface area (Å²) >= 11 is 0. The quantitative estimate of drug-likeness (QED) is 0.751. The molecule has 0 saturated carbocycles. The molecule has 0 aromatic heterocycles. The molecule has 0 fully saturated rings. The number of hydrogen-bond donors (Lipinski definition) is 1. The average Bonchev–Trinajstić information content (AvgIpc) is 2.15. The maximum Gasteiger partial charge on any atom is 0.164 e. The predicted molar refractivity (Wildman–Crippen MR) is 56.6 cm³/mol. The van der Waals surface area contributed by atoms with Gasteiger partial charge in [0.15, 0.2) is 5.78 Å². The number of nitrogens with one attached hydrogen (secondary N) is 1. The zero-order chi connectivity index (χ0) is 8.81. The van der Waals surface area contributed by atoms with Crippen molar-refractivity contribution in [1.82, 2.24) is 5.32 Å². The molecule has 1 N–H and O–H groups in total. The lowest BCUT2D eigenvalue weighted by Crippen LogP contribution is -2.12. The van der Waals surface area contributed by atoms with E-state index in [2.05, 4.69) is 5.32 Å². The first kappa shape index (κ1) is 12.1. The lowest BCUT2D eigenvalue weighted by Gasteiger charge is -1.98. The fourth-order valence-electron chi connectivity index (χ4n) is 1.01. The molecular formula is C10H14ClNO. The van der Waals surface area contributed by atoms with Crippen LogP contribution in [0.5, 0.6) is 0 Å². The molecule has 72 valence electrons. The van der Waals surface area contributed by atoms with Crippen molar-refractivity contribution in [2.75, 3.05) is 13.6 Å². The molecule has 0 aliphatic carbocycles. The van der Waals surface area contributed by atoms with Gasteiger partial charge in [0.25, 0.3) is 0 Å². The Morgan fingerprint density at radius 3 is 2.46 bits per heavy atom. The summed E-state index contributed by atoms with van der Waals surface area (Å²) < 4.78 is 0. The third-order valence-electron chi connectivity index (χ3n) is 1.70. The maximum atomic E-state index is 11.4. The fraction of sp³-hybridized carbons (Fsp3) is 0.300. The summed E-state index contributed by atoms with van der Waals surface area (Å²) in [5.74, 6) is 0.199. The van der Waals surface area contributed by atoms with Crippen molar-refractivity contribution in [3.8, 4) is 0 Å². The minimum Gasteiger partial charge on any atom is -0.319 e. The van der Waals surface area contributed by atoms with E-state index in [9.17, 15) is 4.79 Å². The smallest absolute Gasteiger partial charge is 0.164 e. The largest absolute Gasteiger partial charge is 0.319 e. The molecule has 0 heterocycles. The molecule has 1 aromatic carbocycles. The number of carbonyl (C=O) groups is 1. The lowest BCUT2D eigenvalue weighted by atomic mass is 10.1. The van der Waals surface area contributed by atoms with Crippen LogP contribution in [0.25, 0.3) is 0 Å². The standard InChI is InChI=1S/C10H13NO.ClH/c1-11-8-7-10(12)9-5-3-2-4-6-9;/h2-6,11H,7-8H2,1H3;1H. The van der Waals surface area contributed by atoms with E-state index in [0.29, 0.717) is 6.42 Å². The summed E-state index contributed by atoms with van der Waals surface area (Å²) in [5, 5.41) is 2.95. The van der Waals surface area contributed by atoms with Crippen molar-refractivity contribution >= 4 is 18.2 Å². The van der Waals surface area contributed by atoms with Gasteiger partial charge < -0.3 is 5.32 Å². The minimum absolute atomic E-state index is 0. The Morgan fingerprint density at radius 2 is 1.92 bits per heavy atom. The Morgan fingerprint density at radius 1 is 1.31 bits per heavy atom. The molecule has 0 atom stereocenters. The Bertz CT molecular complexity index is 248. The number of hydrogen-bond acceptors (Lipinski definition) is 2. The molecule has 2 nitrogen and oxygen atoms in total. The topological polar surface area (TPSA) is 29.1 Å². The van der Waals surface area contributed by atoms with Crippen LogP contribution < -0.4 is 5.32 Å². The third kappa shape index (κ3) is 4.06. The molecule has 0 amide bonds. The third-order valence-corrected chi connectivity index (χ3v) is 1.70. The summed E-state index contributed by atoms with van der Waals surface area (Å²) in [6.07, 6.45) is 0.570. The zero-order valence-electron chi connectivity index (χ0n) is 7.62. The second kappa shape index (κ2) is 6.63. The first-order valence-corrected chi connectivity index (χ1v) is 4.07. The summed E-state index contributed by atoms with van der Waals surface area (Å²) in [5.41, 5.74) is 0.799. The molecule has 0 saturated heterocycles. The van der Waals surface area contributed by atoms with Crippen LogP contribution >= 0.6 is 12.4 Å². The van der Waals surface area contributed by atoms with E-state index in [4.69, 9.17) is 0 Å². The fourth-order valence-corrected chi connectivity index (χ4v) is 1.01. The van der Waals surface area contributed by atoms with Gasteiger partial charge in [-0.2, -0.15) is 0 Å². The van der Waals surface area contributed by atoms with Gasteiger partial charge in [-0.25, -0.2) is 0 Å². The van der Waals surface area contributed by atoms with Gasteiger partial charge in [-0.1, -0.05) is 30.3 Å². The van der Waals surface area contributed by atoms with Crippen LogP contribution in [-0.4, -0.2) is 19.4 Å². The van der Waals surface area contributed by atoms with Crippen molar-refractivity contribution in [2.24, 2.45) is 0 Å². The highest BCUT2D eigenvalue weighted by Crippen LogP contribution is 2.01. The number of rotatable bonds is 4. The Balaban J connectivity index is 0.00000144. The minimum atomic E-state index is 0. The monoisotopic (exact) mass is 199 g/mol. The average molecular weight is 200 g/mol. The zero-order valence-corrected chi connectivity index (χ0v) is 8.43. The highest BCUT2D eigenvalue weighted by molar-refractivity contribution is 5.96. The van der Waals surface area contributed by atoms with Crippen LogP contribution in [0.3, 0.4) is 0 Å². The summed E-state index contributed by atoms with van der Waals surface area (Å²) in [6, 6.07) is 9.37. The van der Waals surface area contributed by atoms with Crippen LogP contribution in [0.4, 0.5) is 0 Å². The van der Waals surface area contributed by atoms with Crippen LogP contribution in [-0.2, 0) is 0 Å². The first-order valence-electron chi connectivity index (χ1n) is 4.07. The van der Waals surface area contributed by atoms with Gasteiger partial charge in [0, 0.05) is 18.5 Å². The van der Waals surface area contributed by atoms with E-state index >= 15 is 0 Å². The number of ketones is 1. The number of carbonyl (C=O) groups excluding carboxylic acids is 1. The molecule has 0 unspecified atom stereocenters. The molecule has 0 aliphatic rings. The van der Waals surface area contributed by atoms with Gasteiger partial charge in [0.05, 0.1) is 0 Å². The number of Topliss-reactive ketones (excluding diaryl/α,β-unsaturated/α-hetero) is 1. The molecule has 0 aliphatic heterocycles. The highest BCUT2D eigenvalue weighted by atomic mass is 35.5. The van der Waals surface area contributed by atoms with Crippen LogP contribution in [0, 0.1) is 0 Å². The highest BCUT2D eigenvalue weighted by Gasteiger charge is 2.02. The van der Waals surface area contributed by atoms with E-state index in [1.165, 1.54) is 0 Å². The SMILES string of the molecule is CNCCC(=O)c1ccccc1.Cl. The van der Waals surface area contributed by atoms with E-state index < -0.39 is 0 Å². The van der Waals surface area contributed by atoms with Gasteiger partial charge in [-0.15, -0.1) is 12.4 Å². The second-order valence-corrected chi connectivity index (χ2v) is 2.64. The van der Waals surface area contributed by atoms with Gasteiger partial charge >= 0.3 is 0 Å². The van der Waals surface area contributed by atoms with Crippen molar-refractivity contribution in [2.45, 2.75) is 6.42 Å². The Hall–Kier alpha value is -0.860. The van der Waals surface area contributed by atoms with E-state index in [1.807, 2.05) is 37.4 Å². The molecule has 0 radical (unpaired) electrons. The number of benzene rings is 1. The Labute approximate surface area is 84.8 Å². The van der Waals surface area contributed by atoms with E-state index in [0.717, 1.165) is 12.1 Å². The normalized spacial score (nSPS) is 9.00. The molecule has 1 rings (SSSR count). The maximum absolute atomic E-state index is 11.4. The molecular weight excluding hydrogens is 186 g/mol. The predicted octanol–water partition coefficient (Wildman–Crippen LogP) is 1.90. The van der Waals surface area contributed by atoms with Gasteiger partial charge in [-0.05, 0) is 7.05 Å². The van der Waals surface area contributed by atoms with Crippen molar-refractivity contribution < 1.29 is 4.79 Å². The first-order chi connectivity index (χ1) is 5.84. The summed E-state index contributed by atoms with van der Waals surface area (Å²) in [4.78, 5) is 11.4. The molecule has 13 heavy (non-hydrogen) atoms. The van der Waals surface area contributed by atoms with Crippen LogP contribution in [0.2, 0.25) is 0 Å². The van der Waals surface area contributed by atoms with Gasteiger partial charge in [0.2, 0.25) is 0 Å². The van der Waals surface area contributed by atoms with Crippen molar-refractivity contribution in [3.63, 3.8) is 0 Å². The van der Waals surface area contributed by atoms with Crippen molar-refractivity contribution in [1.29, 1.82) is 0 Å². The summed E-state index contributed by atoms with van der Waals surface area (Å²) in [6.45, 7) is 0.744. The molecule has 0 spiro atoms. The van der Waals surface area contributed by atoms with Gasteiger partial charge in [-0.3, -0.25) is 4.79 Å². The molecule has 0 bridgehead atoms. The summed E-state index contributed by atoms with van der Waals surface area (Å²) in [7, 11) is 1.85. The van der Waals surface area contributed by atoms with E-state index in [-0.39, 0.29) is 18.2 Å². The second-order valence-electron chi connectivity index (χ2n) is 2.64.